The van der Waals surface area contributed by atoms with E-state index < -0.39 is 24.5 Å². The maximum atomic E-state index is 12.9. The van der Waals surface area contributed by atoms with Crippen molar-refractivity contribution < 1.29 is 23.5 Å². The number of esters is 1. The van der Waals surface area contributed by atoms with Gasteiger partial charge in [-0.3, -0.25) is 10.1 Å². The number of furan rings is 1. The normalized spacial score (nSPS) is 14.1. The highest BCUT2D eigenvalue weighted by molar-refractivity contribution is 6.16. The number of tetrazole rings is 1. The van der Waals surface area contributed by atoms with E-state index in [1.165, 1.54) is 17.0 Å². The van der Waals surface area contributed by atoms with Crippen molar-refractivity contribution >= 4 is 29.7 Å². The SMILES string of the molecule is O=C(COC(=O)/C(=C\c1ccco1)n1nnnc1-c1ccccc1)NC(=O)NC1CCCC1. The first-order valence-corrected chi connectivity index (χ1v) is 10.5. The molecule has 2 heterocycles. The number of carbonyl (C=O) groups is 3. The Bertz CT molecular complexity index is 1130. The van der Waals surface area contributed by atoms with E-state index in [1.807, 2.05) is 18.2 Å². The Kier molecular flexibility index (Phi) is 6.88. The first-order chi connectivity index (χ1) is 16.1. The highest BCUT2D eigenvalue weighted by atomic mass is 16.5. The van der Waals surface area contributed by atoms with Crippen LogP contribution in [0.25, 0.3) is 23.2 Å². The monoisotopic (exact) mass is 450 g/mol. The summed E-state index contributed by atoms with van der Waals surface area (Å²) in [4.78, 5) is 37.0. The number of imide groups is 1. The minimum Gasteiger partial charge on any atom is -0.465 e. The van der Waals surface area contributed by atoms with Gasteiger partial charge >= 0.3 is 12.0 Å². The molecule has 33 heavy (non-hydrogen) atoms. The molecule has 170 valence electrons. The van der Waals surface area contributed by atoms with Crippen LogP contribution in [0.5, 0.6) is 0 Å². The lowest BCUT2D eigenvalue weighted by Crippen LogP contribution is -2.45. The summed E-state index contributed by atoms with van der Waals surface area (Å²) in [6.45, 7) is -0.658. The summed E-state index contributed by atoms with van der Waals surface area (Å²) in [6.07, 6.45) is 6.70. The molecule has 11 nitrogen and oxygen atoms in total. The van der Waals surface area contributed by atoms with Crippen LogP contribution in [-0.2, 0) is 14.3 Å². The summed E-state index contributed by atoms with van der Waals surface area (Å²) in [5.41, 5.74) is 0.596. The number of benzene rings is 1. The van der Waals surface area contributed by atoms with E-state index in [0.717, 1.165) is 25.7 Å². The zero-order valence-electron chi connectivity index (χ0n) is 17.6. The van der Waals surface area contributed by atoms with E-state index in [1.54, 1.807) is 24.3 Å². The van der Waals surface area contributed by atoms with Crippen molar-refractivity contribution in [3.05, 3.63) is 54.5 Å². The Morgan fingerprint density at radius 3 is 2.64 bits per heavy atom. The van der Waals surface area contributed by atoms with Gasteiger partial charge in [0, 0.05) is 17.7 Å². The zero-order valence-corrected chi connectivity index (χ0v) is 17.6. The topological polar surface area (TPSA) is 141 Å². The first kappa shape index (κ1) is 21.9. The fourth-order valence-electron chi connectivity index (χ4n) is 3.49. The molecule has 2 aromatic heterocycles. The zero-order chi connectivity index (χ0) is 23.0. The van der Waals surface area contributed by atoms with Crippen LogP contribution >= 0.6 is 0 Å². The van der Waals surface area contributed by atoms with E-state index in [2.05, 4.69) is 26.2 Å². The molecule has 0 atom stereocenters. The smallest absolute Gasteiger partial charge is 0.357 e. The van der Waals surface area contributed by atoms with E-state index in [4.69, 9.17) is 9.15 Å². The maximum absolute atomic E-state index is 12.9. The molecule has 0 saturated heterocycles. The second-order valence-electron chi connectivity index (χ2n) is 7.40. The summed E-state index contributed by atoms with van der Waals surface area (Å²) < 4.78 is 11.6. The van der Waals surface area contributed by atoms with Gasteiger partial charge in [0.25, 0.3) is 5.91 Å². The minimum absolute atomic E-state index is 0.0550. The number of rotatable bonds is 7. The number of ether oxygens (including phenoxy) is 1. The average Bonchev–Trinajstić information content (AvgIpc) is 3.59. The number of nitrogens with one attached hydrogen (secondary N) is 2. The molecule has 0 bridgehead atoms. The summed E-state index contributed by atoms with van der Waals surface area (Å²) >= 11 is 0. The predicted octanol–water partition coefficient (Wildman–Crippen LogP) is 2.24. The third-order valence-electron chi connectivity index (χ3n) is 5.04. The molecule has 1 aliphatic rings. The molecule has 0 radical (unpaired) electrons. The summed E-state index contributed by atoms with van der Waals surface area (Å²) in [5.74, 6) is -0.971. The van der Waals surface area contributed by atoms with Gasteiger partial charge in [-0.1, -0.05) is 43.2 Å². The number of urea groups is 1. The molecule has 11 heteroatoms. The average molecular weight is 450 g/mol. The van der Waals surface area contributed by atoms with Crippen LogP contribution in [0.4, 0.5) is 4.79 Å². The first-order valence-electron chi connectivity index (χ1n) is 10.5. The Morgan fingerprint density at radius 2 is 1.91 bits per heavy atom. The molecular formula is C22H22N6O5. The number of carbonyl (C=O) groups excluding carboxylic acids is 3. The van der Waals surface area contributed by atoms with Gasteiger partial charge in [-0.25, -0.2) is 9.59 Å². The largest absolute Gasteiger partial charge is 0.465 e. The van der Waals surface area contributed by atoms with Gasteiger partial charge in [0.1, 0.15) is 5.76 Å². The lowest BCUT2D eigenvalue weighted by atomic mass is 10.2. The Morgan fingerprint density at radius 1 is 1.12 bits per heavy atom. The second kappa shape index (κ2) is 10.4. The minimum atomic E-state index is -0.873. The van der Waals surface area contributed by atoms with Crippen molar-refractivity contribution in [3.8, 4) is 11.4 Å². The molecule has 1 saturated carbocycles. The van der Waals surface area contributed by atoms with E-state index in [9.17, 15) is 14.4 Å². The summed E-state index contributed by atoms with van der Waals surface area (Å²) in [7, 11) is 0. The van der Waals surface area contributed by atoms with Crippen LogP contribution < -0.4 is 10.6 Å². The molecule has 3 aromatic rings. The fraction of sp³-hybridized carbons (Fsp3) is 0.273. The molecule has 3 amide bonds. The van der Waals surface area contributed by atoms with Gasteiger partial charge in [-0.2, -0.15) is 4.68 Å². The van der Waals surface area contributed by atoms with Crippen molar-refractivity contribution in [1.29, 1.82) is 0 Å². The van der Waals surface area contributed by atoms with Crippen LogP contribution in [0.15, 0.2) is 53.1 Å². The Balaban J connectivity index is 1.46. The van der Waals surface area contributed by atoms with Crippen LogP contribution in [0.3, 0.4) is 0 Å². The third-order valence-corrected chi connectivity index (χ3v) is 5.04. The summed E-state index contributed by atoms with van der Waals surface area (Å²) in [5, 5.41) is 16.5. The number of aromatic nitrogens is 4. The number of hydrogen-bond acceptors (Lipinski definition) is 8. The van der Waals surface area contributed by atoms with E-state index >= 15 is 0 Å². The predicted molar refractivity (Wildman–Crippen MR) is 116 cm³/mol. The maximum Gasteiger partial charge on any atom is 0.357 e. The number of hydrogen-bond donors (Lipinski definition) is 2. The lowest BCUT2D eigenvalue weighted by molar-refractivity contribution is -0.142. The third kappa shape index (κ3) is 5.70. The van der Waals surface area contributed by atoms with E-state index in [0.29, 0.717) is 17.1 Å². The van der Waals surface area contributed by atoms with Crippen molar-refractivity contribution in [2.45, 2.75) is 31.7 Å². The standard InChI is InChI=1S/C22H22N6O5/c29-19(24-22(31)23-16-9-4-5-10-16)14-33-21(30)18(13-17-11-6-12-32-17)28-20(25-26-27-28)15-7-2-1-3-8-15/h1-3,6-8,11-13,16H,4-5,9-10,14H2,(H2,23,24,29,31)/b18-13+. The molecule has 0 aliphatic heterocycles. The van der Waals surface area contributed by atoms with Crippen LogP contribution in [0.1, 0.15) is 31.4 Å². The van der Waals surface area contributed by atoms with Gasteiger partial charge in [0.15, 0.2) is 18.1 Å². The molecule has 1 fully saturated rings. The molecular weight excluding hydrogens is 428 g/mol. The van der Waals surface area contributed by atoms with Gasteiger partial charge < -0.3 is 14.5 Å². The fourth-order valence-corrected chi connectivity index (χ4v) is 3.49. The highest BCUT2D eigenvalue weighted by Gasteiger charge is 2.23. The van der Waals surface area contributed by atoms with Crippen LogP contribution in [-0.4, -0.2) is 50.8 Å². The van der Waals surface area contributed by atoms with Crippen molar-refractivity contribution in [2.75, 3.05) is 6.61 Å². The van der Waals surface area contributed by atoms with Gasteiger partial charge in [0.05, 0.1) is 6.26 Å². The molecule has 4 rings (SSSR count). The molecule has 1 aliphatic carbocycles. The van der Waals surface area contributed by atoms with Gasteiger partial charge in [0.2, 0.25) is 0 Å². The van der Waals surface area contributed by atoms with E-state index in [-0.39, 0.29) is 11.7 Å². The van der Waals surface area contributed by atoms with Gasteiger partial charge in [-0.05, 0) is 35.4 Å². The van der Waals surface area contributed by atoms with Crippen LogP contribution in [0, 0.1) is 0 Å². The summed E-state index contributed by atoms with van der Waals surface area (Å²) in [6, 6.07) is 11.8. The number of amides is 3. The quantitative estimate of drug-likeness (QED) is 0.412. The molecule has 0 spiro atoms. The Hall–Kier alpha value is -4.28. The van der Waals surface area contributed by atoms with Gasteiger partial charge in [-0.15, -0.1) is 5.10 Å². The van der Waals surface area contributed by atoms with Crippen molar-refractivity contribution in [2.24, 2.45) is 0 Å². The second-order valence-corrected chi connectivity index (χ2v) is 7.40. The Labute approximate surface area is 188 Å². The van der Waals surface area contributed by atoms with Crippen molar-refractivity contribution in [3.63, 3.8) is 0 Å². The lowest BCUT2D eigenvalue weighted by Gasteiger charge is -2.13. The van der Waals surface area contributed by atoms with Crippen LogP contribution in [0.2, 0.25) is 0 Å². The molecule has 2 N–H and O–H groups in total. The van der Waals surface area contributed by atoms with Crippen molar-refractivity contribution in [1.82, 2.24) is 30.8 Å². The highest BCUT2D eigenvalue weighted by Crippen LogP contribution is 2.21. The number of nitrogens with zero attached hydrogens (tertiary/aromatic N) is 4. The molecule has 1 aromatic carbocycles. The molecule has 0 unspecified atom stereocenters.